The molecule has 1 saturated carbocycles. The fourth-order valence-corrected chi connectivity index (χ4v) is 1.75. The summed E-state index contributed by atoms with van der Waals surface area (Å²) < 4.78 is 11.0. The van der Waals surface area contributed by atoms with Crippen LogP contribution in [0.15, 0.2) is 18.2 Å². The summed E-state index contributed by atoms with van der Waals surface area (Å²) in [6.07, 6.45) is 2.65. The van der Waals surface area contributed by atoms with E-state index in [2.05, 4.69) is 17.4 Å². The van der Waals surface area contributed by atoms with Crippen LogP contribution in [0.3, 0.4) is 0 Å². The first-order valence-corrected chi connectivity index (χ1v) is 5.54. The zero-order valence-corrected chi connectivity index (χ0v) is 9.89. The molecule has 1 N–H and O–H groups in total. The number of benzene rings is 1. The molecule has 1 fully saturated rings. The van der Waals surface area contributed by atoms with Crippen molar-refractivity contribution in [2.24, 2.45) is 0 Å². The maximum atomic E-state index is 5.53. The van der Waals surface area contributed by atoms with Crippen molar-refractivity contribution in [3.05, 3.63) is 23.8 Å². The Morgan fingerprint density at radius 2 is 1.88 bits per heavy atom. The molecule has 1 aromatic carbocycles. The van der Waals surface area contributed by atoms with Crippen molar-refractivity contribution in [1.82, 2.24) is 5.32 Å². The molecular formula is C12H16ClNO2. The Bertz CT molecular complexity index is 366. The van der Waals surface area contributed by atoms with Crippen LogP contribution in [0.2, 0.25) is 0 Å². The van der Waals surface area contributed by atoms with E-state index >= 15 is 0 Å². The molecule has 1 aliphatic heterocycles. The van der Waals surface area contributed by atoms with Crippen LogP contribution in [0, 0.1) is 0 Å². The maximum Gasteiger partial charge on any atom is 0.161 e. The first kappa shape index (κ1) is 11.6. The lowest BCUT2D eigenvalue weighted by atomic mass is 10.2. The molecule has 3 rings (SSSR count). The maximum absolute atomic E-state index is 5.53. The van der Waals surface area contributed by atoms with E-state index in [9.17, 15) is 0 Å². The second kappa shape index (κ2) is 4.93. The first-order chi connectivity index (χ1) is 7.42. The Morgan fingerprint density at radius 1 is 1.12 bits per heavy atom. The van der Waals surface area contributed by atoms with Gasteiger partial charge in [-0.2, -0.15) is 0 Å². The van der Waals surface area contributed by atoms with Gasteiger partial charge in [-0.05, 0) is 30.5 Å². The van der Waals surface area contributed by atoms with Crippen LogP contribution >= 0.6 is 12.4 Å². The fourth-order valence-electron chi connectivity index (χ4n) is 1.75. The third-order valence-electron chi connectivity index (χ3n) is 2.78. The van der Waals surface area contributed by atoms with Gasteiger partial charge in [0.2, 0.25) is 0 Å². The summed E-state index contributed by atoms with van der Waals surface area (Å²) in [4.78, 5) is 0. The third kappa shape index (κ3) is 2.60. The average molecular weight is 242 g/mol. The van der Waals surface area contributed by atoms with Gasteiger partial charge in [0.25, 0.3) is 0 Å². The van der Waals surface area contributed by atoms with E-state index in [4.69, 9.17) is 9.47 Å². The summed E-state index contributed by atoms with van der Waals surface area (Å²) in [7, 11) is 0. The molecule has 0 radical (unpaired) electrons. The van der Waals surface area contributed by atoms with E-state index in [1.807, 2.05) is 6.07 Å². The van der Waals surface area contributed by atoms with Crippen molar-refractivity contribution in [2.45, 2.75) is 25.4 Å². The van der Waals surface area contributed by atoms with Gasteiger partial charge in [-0.25, -0.2) is 0 Å². The number of nitrogens with one attached hydrogen (secondary N) is 1. The number of rotatable bonds is 3. The van der Waals surface area contributed by atoms with Gasteiger partial charge in [-0.3, -0.25) is 0 Å². The molecule has 4 heteroatoms. The summed E-state index contributed by atoms with van der Waals surface area (Å²) >= 11 is 0. The normalized spacial score (nSPS) is 17.8. The highest BCUT2D eigenvalue weighted by Crippen LogP contribution is 2.31. The van der Waals surface area contributed by atoms with E-state index < -0.39 is 0 Å². The second-order valence-electron chi connectivity index (χ2n) is 4.13. The van der Waals surface area contributed by atoms with Gasteiger partial charge in [0.05, 0.1) is 0 Å². The quantitative estimate of drug-likeness (QED) is 0.880. The minimum atomic E-state index is 0. The second-order valence-corrected chi connectivity index (χ2v) is 4.13. The molecule has 0 unspecified atom stereocenters. The number of hydrogen-bond donors (Lipinski definition) is 1. The van der Waals surface area contributed by atoms with Crippen LogP contribution in [-0.4, -0.2) is 19.3 Å². The molecule has 0 bridgehead atoms. The van der Waals surface area contributed by atoms with Crippen LogP contribution in [-0.2, 0) is 6.54 Å². The van der Waals surface area contributed by atoms with Crippen LogP contribution < -0.4 is 14.8 Å². The van der Waals surface area contributed by atoms with Crippen LogP contribution in [0.25, 0.3) is 0 Å². The van der Waals surface area contributed by atoms with E-state index in [0.717, 1.165) is 24.1 Å². The molecule has 1 aromatic rings. The molecular weight excluding hydrogens is 226 g/mol. The largest absolute Gasteiger partial charge is 0.486 e. The predicted octanol–water partition coefficient (Wildman–Crippen LogP) is 2.13. The topological polar surface area (TPSA) is 30.5 Å². The fraction of sp³-hybridized carbons (Fsp3) is 0.500. The highest BCUT2D eigenvalue weighted by atomic mass is 35.5. The molecule has 1 aliphatic carbocycles. The molecule has 0 saturated heterocycles. The Kier molecular flexibility index (Phi) is 3.56. The molecule has 88 valence electrons. The Morgan fingerprint density at radius 3 is 2.62 bits per heavy atom. The van der Waals surface area contributed by atoms with E-state index in [-0.39, 0.29) is 12.4 Å². The summed E-state index contributed by atoms with van der Waals surface area (Å²) in [5.41, 5.74) is 1.27. The van der Waals surface area contributed by atoms with Crippen LogP contribution in [0.5, 0.6) is 11.5 Å². The van der Waals surface area contributed by atoms with Crippen molar-refractivity contribution in [3.63, 3.8) is 0 Å². The molecule has 3 nitrogen and oxygen atoms in total. The van der Waals surface area contributed by atoms with Gasteiger partial charge in [0.15, 0.2) is 11.5 Å². The summed E-state index contributed by atoms with van der Waals surface area (Å²) in [6, 6.07) is 6.92. The summed E-state index contributed by atoms with van der Waals surface area (Å²) in [6.45, 7) is 2.25. The molecule has 0 amide bonds. The van der Waals surface area contributed by atoms with Crippen molar-refractivity contribution in [3.8, 4) is 11.5 Å². The van der Waals surface area contributed by atoms with E-state index in [1.54, 1.807) is 0 Å². The smallest absolute Gasteiger partial charge is 0.161 e. The van der Waals surface area contributed by atoms with Gasteiger partial charge in [0, 0.05) is 12.6 Å². The predicted molar refractivity (Wildman–Crippen MR) is 64.5 cm³/mol. The highest BCUT2D eigenvalue weighted by Gasteiger charge is 2.20. The van der Waals surface area contributed by atoms with Gasteiger partial charge in [-0.15, -0.1) is 12.4 Å². The van der Waals surface area contributed by atoms with Gasteiger partial charge in [0.1, 0.15) is 13.2 Å². The van der Waals surface area contributed by atoms with Gasteiger partial charge < -0.3 is 14.8 Å². The number of ether oxygens (including phenoxy) is 2. The average Bonchev–Trinajstić information content (AvgIpc) is 3.10. The SMILES string of the molecule is Cl.c1cc2c(cc1CNC1CC1)OCCO2. The minimum absolute atomic E-state index is 0. The summed E-state index contributed by atoms with van der Waals surface area (Å²) in [5, 5.41) is 3.48. The minimum Gasteiger partial charge on any atom is -0.486 e. The van der Waals surface area contributed by atoms with Crippen molar-refractivity contribution >= 4 is 12.4 Å². The molecule has 0 atom stereocenters. The van der Waals surface area contributed by atoms with Crippen LogP contribution in [0.1, 0.15) is 18.4 Å². The Balaban J connectivity index is 0.000000963. The van der Waals surface area contributed by atoms with Crippen LogP contribution in [0.4, 0.5) is 0 Å². The van der Waals surface area contributed by atoms with Crippen molar-refractivity contribution in [2.75, 3.05) is 13.2 Å². The lowest BCUT2D eigenvalue weighted by Gasteiger charge is -2.18. The van der Waals surface area contributed by atoms with E-state index in [0.29, 0.717) is 13.2 Å². The zero-order valence-electron chi connectivity index (χ0n) is 9.07. The number of fused-ring (bicyclic) bond motifs is 1. The zero-order chi connectivity index (χ0) is 10.1. The third-order valence-corrected chi connectivity index (χ3v) is 2.78. The lowest BCUT2D eigenvalue weighted by molar-refractivity contribution is 0.171. The highest BCUT2D eigenvalue weighted by molar-refractivity contribution is 5.85. The van der Waals surface area contributed by atoms with E-state index in [1.165, 1.54) is 18.4 Å². The van der Waals surface area contributed by atoms with Crippen molar-refractivity contribution < 1.29 is 9.47 Å². The lowest BCUT2D eigenvalue weighted by Crippen LogP contribution is -2.17. The van der Waals surface area contributed by atoms with Gasteiger partial charge in [-0.1, -0.05) is 6.07 Å². The van der Waals surface area contributed by atoms with Gasteiger partial charge >= 0.3 is 0 Å². The number of hydrogen-bond acceptors (Lipinski definition) is 3. The first-order valence-electron chi connectivity index (χ1n) is 5.54. The Hall–Kier alpha value is -0.930. The Labute approximate surface area is 102 Å². The monoisotopic (exact) mass is 241 g/mol. The molecule has 16 heavy (non-hydrogen) atoms. The summed E-state index contributed by atoms with van der Waals surface area (Å²) in [5.74, 6) is 1.76. The number of halogens is 1. The molecule has 0 aromatic heterocycles. The molecule has 1 heterocycles. The molecule has 2 aliphatic rings. The van der Waals surface area contributed by atoms with Crippen molar-refractivity contribution in [1.29, 1.82) is 0 Å². The molecule has 0 spiro atoms. The standard InChI is InChI=1S/C12H15NO2.ClH/c1-4-11-12(15-6-5-14-11)7-9(1)8-13-10-2-3-10;/h1,4,7,10,13H,2-3,5-6,8H2;1H.